The summed E-state index contributed by atoms with van der Waals surface area (Å²) in [5.41, 5.74) is 2.88. The van der Waals surface area contributed by atoms with Crippen LogP contribution in [0, 0.1) is 52.3 Å². The summed E-state index contributed by atoms with van der Waals surface area (Å²) < 4.78 is 0. The number of hydrogen-bond donors (Lipinski definition) is 1. The molecule has 3 saturated carbocycles. The van der Waals surface area contributed by atoms with Gasteiger partial charge in [0.05, 0.1) is 6.10 Å². The molecule has 1 nitrogen and oxygen atoms in total. The Kier molecular flexibility index (Phi) is 6.04. The fraction of sp³-hybridized carbons (Fsp3) is 0.929. The Labute approximate surface area is 181 Å². The van der Waals surface area contributed by atoms with Gasteiger partial charge in [0.1, 0.15) is 0 Å². The molecule has 0 radical (unpaired) electrons. The first-order chi connectivity index (χ1) is 13.7. The lowest BCUT2D eigenvalue weighted by atomic mass is 9.47. The summed E-state index contributed by atoms with van der Waals surface area (Å²) in [5.74, 6) is 5.85. The highest BCUT2D eigenvalue weighted by atomic mass is 16.3. The van der Waals surface area contributed by atoms with Gasteiger partial charge in [0.2, 0.25) is 0 Å². The number of aliphatic hydroxyl groups excluding tert-OH is 1. The number of fused-ring (bicyclic) bond motifs is 5. The van der Waals surface area contributed by atoms with Crippen molar-refractivity contribution in [1.82, 2.24) is 0 Å². The molecule has 0 aromatic heterocycles. The lowest BCUT2D eigenvalue weighted by Gasteiger charge is -2.57. The summed E-state index contributed by atoms with van der Waals surface area (Å²) in [4.78, 5) is 0. The molecule has 0 amide bonds. The molecule has 4 rings (SSSR count). The Balaban J connectivity index is 1.50. The van der Waals surface area contributed by atoms with Crippen LogP contribution in [0.15, 0.2) is 11.6 Å². The molecule has 0 aromatic rings. The van der Waals surface area contributed by atoms with Crippen LogP contribution in [0.1, 0.15) is 106 Å². The second kappa shape index (κ2) is 7.99. The minimum absolute atomic E-state index is 0.0400. The van der Waals surface area contributed by atoms with Crippen LogP contribution in [0.4, 0.5) is 0 Å². The zero-order valence-corrected chi connectivity index (χ0v) is 20.2. The number of allylic oxidation sites excluding steroid dienone is 2. The van der Waals surface area contributed by atoms with Gasteiger partial charge in [0, 0.05) is 0 Å². The van der Waals surface area contributed by atoms with E-state index in [-0.39, 0.29) is 6.10 Å². The smallest absolute Gasteiger partial charge is 0.0543 e. The minimum atomic E-state index is -0.0400. The number of aliphatic hydroxyl groups is 1. The molecule has 166 valence electrons. The Morgan fingerprint density at radius 3 is 2.34 bits per heavy atom. The molecule has 4 aliphatic rings. The van der Waals surface area contributed by atoms with Crippen molar-refractivity contribution in [3.63, 3.8) is 0 Å². The first-order valence-corrected chi connectivity index (χ1v) is 13.0. The molecule has 0 aliphatic heterocycles. The van der Waals surface area contributed by atoms with E-state index < -0.39 is 0 Å². The highest BCUT2D eigenvalue weighted by Crippen LogP contribution is 2.67. The third-order valence-corrected chi connectivity index (χ3v) is 11.0. The number of hydrogen-bond acceptors (Lipinski definition) is 1. The van der Waals surface area contributed by atoms with Crippen LogP contribution < -0.4 is 0 Å². The summed E-state index contributed by atoms with van der Waals surface area (Å²) in [6, 6.07) is 0. The summed E-state index contributed by atoms with van der Waals surface area (Å²) >= 11 is 0. The van der Waals surface area contributed by atoms with E-state index in [0.29, 0.717) is 10.8 Å². The molecule has 1 heteroatoms. The van der Waals surface area contributed by atoms with E-state index in [1.54, 1.807) is 0 Å². The van der Waals surface area contributed by atoms with Crippen molar-refractivity contribution in [2.75, 3.05) is 0 Å². The van der Waals surface area contributed by atoms with E-state index in [4.69, 9.17) is 0 Å². The van der Waals surface area contributed by atoms with Gasteiger partial charge in [0.15, 0.2) is 0 Å². The molecule has 4 aliphatic carbocycles. The van der Waals surface area contributed by atoms with Gasteiger partial charge < -0.3 is 5.11 Å². The molecule has 0 bridgehead atoms. The van der Waals surface area contributed by atoms with Crippen molar-refractivity contribution in [1.29, 1.82) is 0 Å². The molecule has 3 fully saturated rings. The van der Waals surface area contributed by atoms with Crippen LogP contribution in [0.5, 0.6) is 0 Å². The van der Waals surface area contributed by atoms with E-state index in [2.05, 4.69) is 47.6 Å². The first kappa shape index (κ1) is 21.9. The van der Waals surface area contributed by atoms with Crippen LogP contribution in [-0.2, 0) is 0 Å². The quantitative estimate of drug-likeness (QED) is 0.470. The third kappa shape index (κ3) is 3.66. The van der Waals surface area contributed by atoms with Crippen molar-refractivity contribution >= 4 is 0 Å². The first-order valence-electron chi connectivity index (χ1n) is 13.0. The van der Waals surface area contributed by atoms with Gasteiger partial charge in [-0.1, -0.05) is 66.0 Å². The Hall–Kier alpha value is -0.300. The number of rotatable bonds is 5. The van der Waals surface area contributed by atoms with Crippen molar-refractivity contribution in [2.45, 2.75) is 112 Å². The van der Waals surface area contributed by atoms with Crippen molar-refractivity contribution in [3.8, 4) is 0 Å². The van der Waals surface area contributed by atoms with Gasteiger partial charge in [-0.05, 0) is 104 Å². The predicted molar refractivity (Wildman–Crippen MR) is 124 cm³/mol. The summed E-state index contributed by atoms with van der Waals surface area (Å²) in [6.07, 6.45) is 15.8. The molecule has 29 heavy (non-hydrogen) atoms. The average Bonchev–Trinajstić information content (AvgIpc) is 3.03. The zero-order chi connectivity index (χ0) is 21.0. The fourth-order valence-electron chi connectivity index (χ4n) is 8.53. The van der Waals surface area contributed by atoms with Gasteiger partial charge in [-0.2, -0.15) is 0 Å². The van der Waals surface area contributed by atoms with Gasteiger partial charge in [-0.25, -0.2) is 0 Å². The molecule has 0 heterocycles. The fourth-order valence-corrected chi connectivity index (χ4v) is 8.53. The molecule has 0 spiro atoms. The standard InChI is InChI=1S/C28H48O/c1-18(2)19(3)7-8-20(4)24-11-12-25-23-10-9-21-17-22(29)13-15-27(21,5)26(23)14-16-28(24,25)6/h10,18-22,24-26,29H,7-9,11-17H2,1-6H3/t19-,20+,21+,22+,24-,25+,26-,27+,28+/m0/s1. The molecule has 9 atom stereocenters. The highest BCUT2D eigenvalue weighted by molar-refractivity contribution is 5.27. The normalized spacial score (nSPS) is 46.5. The molecule has 0 unspecified atom stereocenters. The maximum Gasteiger partial charge on any atom is 0.0543 e. The van der Waals surface area contributed by atoms with E-state index in [1.807, 2.05) is 5.57 Å². The topological polar surface area (TPSA) is 20.2 Å². The average molecular weight is 401 g/mol. The largest absolute Gasteiger partial charge is 0.393 e. The lowest BCUT2D eigenvalue weighted by Crippen LogP contribution is -2.49. The Morgan fingerprint density at radius 2 is 1.62 bits per heavy atom. The lowest BCUT2D eigenvalue weighted by molar-refractivity contribution is -0.0428. The van der Waals surface area contributed by atoms with E-state index in [1.165, 1.54) is 51.4 Å². The summed E-state index contributed by atoms with van der Waals surface area (Å²) in [7, 11) is 0. The van der Waals surface area contributed by atoms with Gasteiger partial charge in [-0.15, -0.1) is 0 Å². The van der Waals surface area contributed by atoms with E-state index in [9.17, 15) is 5.11 Å². The van der Waals surface area contributed by atoms with Crippen molar-refractivity contribution < 1.29 is 5.11 Å². The van der Waals surface area contributed by atoms with E-state index in [0.717, 1.165) is 54.3 Å². The SMILES string of the molecule is CC(C)[C@@H](C)CC[C@@H](C)[C@@H]1CC[C@@H]2C3=CC[C@@H]4C[C@H](O)CC[C@@]4(C)[C@H]3CC[C@@]21C. The minimum Gasteiger partial charge on any atom is -0.393 e. The zero-order valence-electron chi connectivity index (χ0n) is 20.2. The second-order valence-corrected chi connectivity index (χ2v) is 12.7. The predicted octanol–water partition coefficient (Wildman–Crippen LogP) is 7.63. The van der Waals surface area contributed by atoms with Crippen LogP contribution in [0.25, 0.3) is 0 Å². The van der Waals surface area contributed by atoms with Crippen LogP contribution >= 0.6 is 0 Å². The van der Waals surface area contributed by atoms with Crippen molar-refractivity contribution in [3.05, 3.63) is 11.6 Å². The van der Waals surface area contributed by atoms with Crippen LogP contribution in [0.2, 0.25) is 0 Å². The molecule has 0 aromatic carbocycles. The Morgan fingerprint density at radius 1 is 0.931 bits per heavy atom. The van der Waals surface area contributed by atoms with Gasteiger partial charge in [-0.3, -0.25) is 0 Å². The Bertz CT molecular complexity index is 620. The second-order valence-electron chi connectivity index (χ2n) is 12.7. The monoisotopic (exact) mass is 400 g/mol. The maximum absolute atomic E-state index is 10.2. The molecule has 1 N–H and O–H groups in total. The van der Waals surface area contributed by atoms with Crippen molar-refractivity contribution in [2.24, 2.45) is 52.3 Å². The summed E-state index contributed by atoms with van der Waals surface area (Å²) in [6.45, 7) is 15.1. The van der Waals surface area contributed by atoms with Gasteiger partial charge >= 0.3 is 0 Å². The van der Waals surface area contributed by atoms with Crippen LogP contribution in [-0.4, -0.2) is 11.2 Å². The third-order valence-electron chi connectivity index (χ3n) is 11.0. The maximum atomic E-state index is 10.2. The van der Waals surface area contributed by atoms with Crippen LogP contribution in [0.3, 0.4) is 0 Å². The molecular weight excluding hydrogens is 352 g/mol. The summed E-state index contributed by atoms with van der Waals surface area (Å²) in [5, 5.41) is 10.2. The molecular formula is C28H48O. The van der Waals surface area contributed by atoms with E-state index >= 15 is 0 Å². The molecule has 0 saturated heterocycles. The highest BCUT2D eigenvalue weighted by Gasteiger charge is 2.58. The van der Waals surface area contributed by atoms with Gasteiger partial charge in [0.25, 0.3) is 0 Å².